The Balaban J connectivity index is 0.000000116. The minimum atomic E-state index is 0. The number of rotatable bonds is 15. The van der Waals surface area contributed by atoms with Gasteiger partial charge in [0.1, 0.15) is 31.3 Å². The minimum absolute atomic E-state index is 0. The number of para-hydroxylation sites is 3. The van der Waals surface area contributed by atoms with Crippen LogP contribution in [0.2, 0.25) is 0 Å². The Morgan fingerprint density at radius 3 is 1.19 bits per heavy atom. The molecule has 0 saturated carbocycles. The number of fused-ring (bicyclic) bond motifs is 12. The molecule has 0 fully saturated rings. The molecule has 648 valence electrons. The van der Waals surface area contributed by atoms with Crippen molar-refractivity contribution in [1.29, 1.82) is 0 Å². The summed E-state index contributed by atoms with van der Waals surface area (Å²) in [5.74, 6) is 2.83. The van der Waals surface area contributed by atoms with Crippen LogP contribution in [-0.4, -0.2) is 74.2 Å². The summed E-state index contributed by atoms with van der Waals surface area (Å²) in [6.45, 7) is 0. The summed E-state index contributed by atoms with van der Waals surface area (Å²) in [6.07, 6.45) is 26.2. The summed E-state index contributed by atoms with van der Waals surface area (Å²) >= 11 is 4.97. The Hall–Kier alpha value is -15.3. The fourth-order valence-electron chi connectivity index (χ4n) is 17.1. The number of thiazole rings is 3. The molecule has 0 saturated heterocycles. The molecule has 0 radical (unpaired) electrons. The number of hydrogen-bond acceptors (Lipinski definition) is 20. The third-order valence-corrected chi connectivity index (χ3v) is 26.4. The fourth-order valence-corrected chi connectivity index (χ4v) is 19.9. The number of allylic oxidation sites excluding steroid dienone is 1. The fraction of sp³-hybridized carbons (Fsp3) is 0.00917. The van der Waals surface area contributed by atoms with E-state index in [2.05, 4.69) is 226 Å². The molecule has 27 rings (SSSR count). The van der Waals surface area contributed by atoms with Crippen LogP contribution >= 0.6 is 34.0 Å². The van der Waals surface area contributed by atoms with Crippen LogP contribution in [-0.2, 0) is 63.2 Å². The molecular formula is C109H59N15O5Pt3S3. The van der Waals surface area contributed by atoms with Crippen molar-refractivity contribution in [1.82, 2.24) is 68.5 Å². The zero-order valence-electron chi connectivity index (χ0n) is 70.0. The average molecular weight is 2340 g/mol. The van der Waals surface area contributed by atoms with Crippen molar-refractivity contribution in [2.45, 2.75) is 6.42 Å². The second-order valence-electron chi connectivity index (χ2n) is 31.0. The Bertz CT molecular complexity index is 8890. The molecule has 0 bridgehead atoms. The van der Waals surface area contributed by atoms with Crippen LogP contribution in [0.1, 0.15) is 12.0 Å². The molecule has 135 heavy (non-hydrogen) atoms. The molecule has 0 atom stereocenters. The van der Waals surface area contributed by atoms with Gasteiger partial charge in [-0.15, -0.1) is 155 Å². The van der Waals surface area contributed by atoms with E-state index in [0.717, 1.165) is 224 Å². The first-order valence-electron chi connectivity index (χ1n) is 42.1. The van der Waals surface area contributed by atoms with E-state index in [1.54, 1.807) is 115 Å². The monoisotopic (exact) mass is 2340 g/mol. The van der Waals surface area contributed by atoms with Gasteiger partial charge in [-0.25, -0.2) is 24.9 Å². The molecule has 12 aromatic carbocycles. The Labute approximate surface area is 823 Å². The van der Waals surface area contributed by atoms with E-state index in [1.165, 1.54) is 0 Å². The molecule has 0 spiro atoms. The quantitative estimate of drug-likeness (QED) is 0.0868. The van der Waals surface area contributed by atoms with Crippen LogP contribution in [0, 0.1) is 36.4 Å². The van der Waals surface area contributed by atoms with E-state index >= 15 is 0 Å². The topological polar surface area (TPSA) is 235 Å². The first-order valence-corrected chi connectivity index (χ1v) is 44.6. The first kappa shape index (κ1) is 85.2. The van der Waals surface area contributed by atoms with Gasteiger partial charge in [-0.2, -0.15) is 34.0 Å². The summed E-state index contributed by atoms with van der Waals surface area (Å²) in [5.41, 5.74) is 25.9. The van der Waals surface area contributed by atoms with Crippen molar-refractivity contribution < 1.29 is 85.3 Å². The first-order chi connectivity index (χ1) is 65.4. The van der Waals surface area contributed by atoms with Crippen molar-refractivity contribution in [2.75, 3.05) is 0 Å². The summed E-state index contributed by atoms with van der Waals surface area (Å²) < 4.78 is 37.7. The number of hydrogen-bond donors (Lipinski definition) is 0. The second kappa shape index (κ2) is 36.3. The van der Waals surface area contributed by atoms with E-state index in [4.69, 9.17) is 52.0 Å². The maximum atomic E-state index is 5.62. The molecule has 0 aliphatic carbocycles. The minimum Gasteiger partial charge on any atom is -0.445 e. The van der Waals surface area contributed by atoms with Crippen LogP contribution in [0.4, 0.5) is 0 Å². The SMILES string of the molecule is [Pt+2].[Pt+2].[Pt+2].[c-]1c(-c2ccc(-c3ncco3)cn2)ccc(C2=NC=CC2)c1-n1c2[c-]c(-c3nc4ccccc4s3)ccc2c2ccccc21.[c-]1c(-c2ccc(-c3ncco3)cn2)cccc1-n1c2[c-]c(-c3nc4ccccc4s3)ccc2c2cc(-c3ncco3)ccc21.[c-]1c(-c2ccccn2)cccc1-n1c2[c-]c(-c3nc4ccc(-c5ncco5)cc4s3)ccc2c2cc(-c3ncco3)ccc21. The van der Waals surface area contributed by atoms with E-state index in [1.807, 2.05) is 121 Å². The number of pyridine rings is 3. The summed E-state index contributed by atoms with van der Waals surface area (Å²) in [4.78, 5) is 55.0. The van der Waals surface area contributed by atoms with Gasteiger partial charge in [0.25, 0.3) is 0 Å². The normalized spacial score (nSPS) is 11.8. The predicted molar refractivity (Wildman–Crippen MR) is 519 cm³/mol. The van der Waals surface area contributed by atoms with Gasteiger partial charge >= 0.3 is 63.2 Å². The van der Waals surface area contributed by atoms with Gasteiger partial charge in [0.2, 0.25) is 29.5 Å². The zero-order chi connectivity index (χ0) is 87.1. The van der Waals surface area contributed by atoms with Gasteiger partial charge in [0.05, 0.1) is 58.7 Å². The predicted octanol–water partition coefficient (Wildman–Crippen LogP) is 27.1. The van der Waals surface area contributed by atoms with Gasteiger partial charge in [-0.3, -0.25) is 19.9 Å². The van der Waals surface area contributed by atoms with Crippen LogP contribution in [0.3, 0.4) is 0 Å². The van der Waals surface area contributed by atoms with Crippen LogP contribution < -0.4 is 0 Å². The Morgan fingerprint density at radius 2 is 0.711 bits per heavy atom. The molecule has 26 aromatic rings. The van der Waals surface area contributed by atoms with Crippen molar-refractivity contribution in [3.05, 3.63) is 390 Å². The molecule has 0 N–H and O–H groups in total. The third-order valence-electron chi connectivity index (χ3n) is 23.2. The average Bonchev–Trinajstić information content (AvgIpc) is 1.59. The van der Waals surface area contributed by atoms with E-state index in [9.17, 15) is 0 Å². The molecule has 20 nitrogen and oxygen atoms in total. The second-order valence-corrected chi connectivity index (χ2v) is 34.1. The smallest absolute Gasteiger partial charge is 0.445 e. The number of benzene rings is 12. The summed E-state index contributed by atoms with van der Waals surface area (Å²) in [6, 6.07) is 109. The molecule has 0 amide bonds. The van der Waals surface area contributed by atoms with Gasteiger partial charge in [-0.05, 0) is 158 Å². The standard InChI is InChI=1S/C37H21N5OS.2C36H19N5O2S.3Pt/c1-3-9-32-26(6-1)27-14-12-24(37-41-31-7-2-4-10-35(31)44-37)21-33(27)42(32)34-20-23(11-15-28(34)30-8-5-17-38-30)29-16-13-25(22-40-29)36-39-18-19-43-36;1-2-13-37-29(6-1)22-4-3-5-26(18-22)41-31-12-9-23(34-38-14-16-42-34)19-28(31)27-10-7-25(20-32(27)41)36-40-30-11-8-24(21-33(30)44-36)35-39-15-17-43-35;1-2-7-33-30(6-1)40-36(44-33)24-8-11-27-28-19-23(34-37-14-16-42-34)10-13-31(28)41(32(27)20-24)26-5-3-4-22(18-26)29-12-9-25(21-39-29)35-38-15-17-43-35;;;/h1-7,9-19,22H,8H2;2*1-17,19,21H;;;/q3*-2;3*+2. The van der Waals surface area contributed by atoms with Crippen molar-refractivity contribution in [3.8, 4) is 140 Å². The Kier molecular flexibility index (Phi) is 22.9. The van der Waals surface area contributed by atoms with Crippen molar-refractivity contribution in [2.24, 2.45) is 4.99 Å². The molecule has 1 aliphatic heterocycles. The van der Waals surface area contributed by atoms with Gasteiger partial charge in [0, 0.05) is 99.3 Å². The van der Waals surface area contributed by atoms with Gasteiger partial charge in [-0.1, -0.05) is 107 Å². The van der Waals surface area contributed by atoms with E-state index < -0.39 is 0 Å². The molecule has 14 aromatic heterocycles. The van der Waals surface area contributed by atoms with Gasteiger partial charge < -0.3 is 50.7 Å². The van der Waals surface area contributed by atoms with Crippen LogP contribution in [0.5, 0.6) is 0 Å². The number of aromatic nitrogens is 14. The summed E-state index contributed by atoms with van der Waals surface area (Å²) in [5, 5.41) is 9.28. The van der Waals surface area contributed by atoms with E-state index in [0.29, 0.717) is 29.5 Å². The van der Waals surface area contributed by atoms with E-state index in [-0.39, 0.29) is 63.2 Å². The molecule has 26 heteroatoms. The Morgan fingerprint density at radius 1 is 0.289 bits per heavy atom. The van der Waals surface area contributed by atoms with Gasteiger partial charge in [0.15, 0.2) is 0 Å². The zero-order valence-corrected chi connectivity index (χ0v) is 79.3. The van der Waals surface area contributed by atoms with Crippen LogP contribution in [0.25, 0.3) is 236 Å². The van der Waals surface area contributed by atoms with Crippen molar-refractivity contribution >= 4 is 136 Å². The van der Waals surface area contributed by atoms with Crippen molar-refractivity contribution in [3.63, 3.8) is 0 Å². The number of oxazole rings is 5. The molecule has 15 heterocycles. The molecular weight excluding hydrogens is 2280 g/mol. The molecule has 1 aliphatic rings. The maximum Gasteiger partial charge on any atom is 2.00 e. The molecule has 0 unspecified atom stereocenters. The summed E-state index contributed by atoms with van der Waals surface area (Å²) in [7, 11) is 0. The maximum absolute atomic E-state index is 5.62. The largest absolute Gasteiger partial charge is 2.00 e. The van der Waals surface area contributed by atoms with Crippen LogP contribution in [0.15, 0.2) is 375 Å². The number of aliphatic imine (C=N–C) groups is 1. The number of nitrogens with zero attached hydrogens (tertiary/aromatic N) is 15. The third kappa shape index (κ3) is 15.9.